The fraction of sp³-hybridized carbons (Fsp3) is 0.0667. The van der Waals surface area contributed by atoms with Crippen LogP contribution >= 0.6 is 12.2 Å². The Balaban J connectivity index is 0.000000954. The standard InChI is InChI=1S/C13H13N5S.C2H4O2.Zn/c14-11-3-1-2-9(6-11)10-4-5-16-12(7-10)8-17-18-13(15)19;1-2(3)4;/h1-8H,14H2,(H3,15,18,19);1H3,(H,3,4);/q;;+2/p+1. The molecule has 1 aromatic heterocycles. The summed E-state index contributed by atoms with van der Waals surface area (Å²) >= 11 is 4.65. The summed E-state index contributed by atoms with van der Waals surface area (Å²) in [6.07, 6.45) is 3.26. The van der Waals surface area contributed by atoms with Gasteiger partial charge < -0.3 is 16.6 Å². The first kappa shape index (κ1) is 21.6. The number of nitrogens with one attached hydrogen (secondary N) is 1. The van der Waals surface area contributed by atoms with Gasteiger partial charge >= 0.3 is 25.4 Å². The van der Waals surface area contributed by atoms with Gasteiger partial charge in [0.05, 0.1) is 18.8 Å². The number of benzene rings is 1. The minimum absolute atomic E-state index is 0. The molecule has 120 valence electrons. The first-order chi connectivity index (χ1) is 10.9. The molecule has 0 saturated carbocycles. The molecule has 1 aromatic carbocycles. The van der Waals surface area contributed by atoms with E-state index in [2.05, 4.69) is 27.7 Å². The maximum Gasteiger partial charge on any atom is 2.00 e. The number of nitrogens with two attached hydrogens (primary N) is 2. The van der Waals surface area contributed by atoms with E-state index in [-0.39, 0.29) is 24.6 Å². The maximum absolute atomic E-state index is 9.11. The van der Waals surface area contributed by atoms with E-state index in [1.54, 1.807) is 12.4 Å². The minimum Gasteiger partial charge on any atom is -0.565 e. The Kier molecular flexibility index (Phi) is 10.1. The third-order valence-electron chi connectivity index (χ3n) is 2.37. The van der Waals surface area contributed by atoms with Gasteiger partial charge in [-0.25, -0.2) is 0 Å². The molecule has 7 nitrogen and oxygen atoms in total. The Labute approximate surface area is 157 Å². The zero-order chi connectivity index (χ0) is 17.2. The van der Waals surface area contributed by atoms with Crippen molar-refractivity contribution in [2.75, 3.05) is 5.73 Å². The fourth-order valence-electron chi connectivity index (χ4n) is 1.58. The molecule has 7 N–H and O–H groups in total. The predicted octanol–water partition coefficient (Wildman–Crippen LogP) is 0.753. The molecule has 0 aliphatic rings. The Hall–Kier alpha value is -2.38. The van der Waals surface area contributed by atoms with Gasteiger partial charge in [0, 0.05) is 16.7 Å². The van der Waals surface area contributed by atoms with Crippen LogP contribution in [0.15, 0.2) is 47.7 Å². The van der Waals surface area contributed by atoms with Gasteiger partial charge in [-0.05, 0) is 47.6 Å². The molecule has 9 heteroatoms. The van der Waals surface area contributed by atoms with E-state index in [0.29, 0.717) is 5.69 Å². The second kappa shape index (κ2) is 11.2. The van der Waals surface area contributed by atoms with E-state index in [4.69, 9.17) is 21.4 Å². The van der Waals surface area contributed by atoms with Gasteiger partial charge in [0.25, 0.3) is 0 Å². The molecule has 0 bridgehead atoms. The van der Waals surface area contributed by atoms with Gasteiger partial charge in [-0.2, -0.15) is 5.10 Å². The van der Waals surface area contributed by atoms with Gasteiger partial charge in [-0.3, -0.25) is 10.4 Å². The average Bonchev–Trinajstić information content (AvgIpc) is 2.46. The zero-order valence-corrected chi connectivity index (χ0v) is 17.0. The van der Waals surface area contributed by atoms with E-state index >= 15 is 0 Å². The van der Waals surface area contributed by atoms with Crippen LogP contribution in [0.3, 0.4) is 0 Å². The van der Waals surface area contributed by atoms with Crippen molar-refractivity contribution < 1.29 is 29.4 Å². The van der Waals surface area contributed by atoms with Crippen molar-refractivity contribution in [3.63, 3.8) is 0 Å². The molecule has 0 saturated heterocycles. The molecule has 2 aromatic rings. The normalized spacial score (nSPS) is 9.38. The molecule has 0 spiro atoms. The molecule has 0 aliphatic carbocycles. The van der Waals surface area contributed by atoms with Crippen LogP contribution in [0.4, 0.5) is 5.69 Å². The maximum atomic E-state index is 9.11. The number of pyridine rings is 1. The van der Waals surface area contributed by atoms with Crippen LogP contribution in [-0.2, 0) is 24.3 Å². The number of carbonyl (C=O) groups excluding carboxylic acids is 1. The van der Waals surface area contributed by atoms with Crippen molar-refractivity contribution in [2.24, 2.45) is 10.8 Å². The Morgan fingerprint density at radius 1 is 1.33 bits per heavy atom. The molecule has 0 unspecified atom stereocenters. The number of hydrazone groups is 1. The van der Waals surface area contributed by atoms with Gasteiger partial charge in [0.15, 0.2) is 5.11 Å². The Morgan fingerprint density at radius 2 is 1.96 bits per heavy atom. The number of nitrogens with zero attached hydrogens (tertiary/aromatic N) is 2. The number of aromatic nitrogens is 1. The van der Waals surface area contributed by atoms with Gasteiger partial charge in [-0.1, -0.05) is 12.1 Å². The second-order valence-electron chi connectivity index (χ2n) is 4.39. The summed E-state index contributed by atoms with van der Waals surface area (Å²) in [7, 11) is 0. The third kappa shape index (κ3) is 8.92. The molecule has 0 atom stereocenters. The third-order valence-corrected chi connectivity index (χ3v) is 2.46. The van der Waals surface area contributed by atoms with Gasteiger partial charge in [-0.15, -0.1) is 0 Å². The van der Waals surface area contributed by atoms with Crippen molar-refractivity contribution >= 4 is 35.2 Å². The minimum atomic E-state index is -0.583. The van der Waals surface area contributed by atoms with E-state index < -0.39 is 5.97 Å². The summed E-state index contributed by atoms with van der Waals surface area (Å²) in [5.41, 5.74) is 17.0. The molecule has 0 amide bonds. The molecule has 2 rings (SSSR count). The van der Waals surface area contributed by atoms with Gasteiger partial charge in [0.2, 0.25) is 0 Å². The molecule has 0 fully saturated rings. The topological polar surface area (TPSA) is 129 Å². The van der Waals surface area contributed by atoms with Crippen LogP contribution < -0.4 is 16.9 Å². The fourth-order valence-corrected chi connectivity index (χ4v) is 1.63. The average molecular weight is 398 g/mol. The Bertz CT molecular complexity index is 721. The monoisotopic (exact) mass is 396 g/mol. The summed E-state index contributed by atoms with van der Waals surface area (Å²) in [6, 6.07) is 11.5. The smallest absolute Gasteiger partial charge is 0.565 e. The largest absolute Gasteiger partial charge is 2.00 e. The van der Waals surface area contributed by atoms with E-state index in [1.807, 2.05) is 36.4 Å². The van der Waals surface area contributed by atoms with Crippen molar-refractivity contribution in [3.8, 4) is 11.1 Å². The molecular formula is C15H18N5O2SZn+3. The summed E-state index contributed by atoms with van der Waals surface area (Å²) in [6.45, 7) is 1.19. The number of hydrogen-bond donors (Lipinski definition) is 3. The second-order valence-corrected chi connectivity index (χ2v) is 4.83. The summed E-state index contributed by atoms with van der Waals surface area (Å²) < 4.78 is 0. The van der Waals surface area contributed by atoms with Crippen molar-refractivity contribution in [3.05, 3.63) is 48.3 Å². The van der Waals surface area contributed by atoms with Gasteiger partial charge in [0.1, 0.15) is 0 Å². The van der Waals surface area contributed by atoms with Crippen molar-refractivity contribution in [1.29, 1.82) is 0 Å². The molecule has 0 aliphatic heterocycles. The number of nitrogen functional groups attached to an aromatic ring is 1. The summed E-state index contributed by atoms with van der Waals surface area (Å²) in [5.74, 6) is -0.583. The number of anilines is 1. The van der Waals surface area contributed by atoms with Crippen LogP contribution in [0.1, 0.15) is 12.6 Å². The summed E-state index contributed by atoms with van der Waals surface area (Å²) in [5, 5.41) is 9.92. The van der Waals surface area contributed by atoms with E-state index in [0.717, 1.165) is 16.8 Å². The first-order valence-corrected chi connectivity index (χ1v) is 6.92. The van der Waals surface area contributed by atoms with Crippen LogP contribution in [0.2, 0.25) is 0 Å². The van der Waals surface area contributed by atoms with E-state index in [1.165, 1.54) is 6.92 Å². The predicted molar refractivity (Wildman–Crippen MR) is 95.9 cm³/mol. The van der Waals surface area contributed by atoms with Crippen LogP contribution in [0, 0.1) is 0 Å². The number of carbonyl (C=O) groups is 1. The number of thiocarbonyl (C=S) groups is 1. The number of rotatable bonds is 3. The Morgan fingerprint density at radius 3 is 2.54 bits per heavy atom. The SMILES string of the molecule is CC(=O)[OH2+].NC(=S)NN=Cc1cc(-c2cccc(N)c2)ccn1.[Zn+2]. The molecule has 24 heavy (non-hydrogen) atoms. The zero-order valence-electron chi connectivity index (χ0n) is 13.2. The molecular weight excluding hydrogens is 380 g/mol. The number of hydrogen-bond acceptors (Lipinski definition) is 5. The van der Waals surface area contributed by atoms with Crippen molar-refractivity contribution in [1.82, 2.24) is 10.4 Å². The quantitative estimate of drug-likeness (QED) is 0.175. The summed E-state index contributed by atoms with van der Waals surface area (Å²) in [4.78, 5) is 13.3. The van der Waals surface area contributed by atoms with Crippen LogP contribution in [-0.4, -0.2) is 27.4 Å². The first-order valence-electron chi connectivity index (χ1n) is 6.51. The van der Waals surface area contributed by atoms with Crippen LogP contribution in [0.25, 0.3) is 11.1 Å². The van der Waals surface area contributed by atoms with Crippen molar-refractivity contribution in [2.45, 2.75) is 6.92 Å². The van der Waals surface area contributed by atoms with E-state index in [9.17, 15) is 0 Å². The van der Waals surface area contributed by atoms with Crippen LogP contribution in [0.5, 0.6) is 0 Å². The molecule has 0 radical (unpaired) electrons. The molecule has 1 heterocycles.